The molecule has 2 rings (SSSR count). The molecular formula is C15H8Br2F7IO2S. The maximum absolute atomic E-state index is 14.0. The molecular weight excluding hydrogens is 664 g/mol. The molecule has 0 heterocycles. The lowest BCUT2D eigenvalue weighted by atomic mass is 9.92. The van der Waals surface area contributed by atoms with Gasteiger partial charge in [0.1, 0.15) is 0 Å². The van der Waals surface area contributed by atoms with Crippen LogP contribution in [0.5, 0.6) is 0 Å². The molecule has 1 aromatic rings. The van der Waals surface area contributed by atoms with Crippen LogP contribution in [0.2, 0.25) is 0 Å². The summed E-state index contributed by atoms with van der Waals surface area (Å²) in [6.07, 6.45) is -5.47. The maximum atomic E-state index is 14.0. The first kappa shape index (κ1) is 24.1. The Kier molecular flexibility index (Phi) is 6.48. The zero-order chi connectivity index (χ0) is 21.8. The molecule has 2 nitrogen and oxygen atoms in total. The van der Waals surface area contributed by atoms with Gasteiger partial charge in [-0.2, -0.15) is 30.7 Å². The number of hydrogen-bond donors (Lipinski definition) is 0. The first-order valence-electron chi connectivity index (χ1n) is 7.07. The molecule has 156 valence electrons. The van der Waals surface area contributed by atoms with Crippen molar-refractivity contribution in [1.29, 1.82) is 0 Å². The minimum Gasteiger partial charge on any atom is -0.217 e. The Balaban J connectivity index is 2.68. The summed E-state index contributed by atoms with van der Waals surface area (Å²) in [5.41, 5.74) is 0.416. The Bertz CT molecular complexity index is 957. The summed E-state index contributed by atoms with van der Waals surface area (Å²) < 4.78 is 115. The number of benzene rings is 1. The summed E-state index contributed by atoms with van der Waals surface area (Å²) in [6.45, 7) is 0. The average Bonchev–Trinajstić information content (AvgIpc) is 2.52. The Morgan fingerprint density at radius 1 is 1.04 bits per heavy atom. The quantitative estimate of drug-likeness (QED) is 0.204. The first-order valence-corrected chi connectivity index (χ1v) is 11.2. The third-order valence-corrected chi connectivity index (χ3v) is 7.96. The zero-order valence-corrected chi connectivity index (χ0v) is 19.3. The van der Waals surface area contributed by atoms with Gasteiger partial charge in [-0.05, 0) is 50.9 Å². The molecule has 0 spiro atoms. The number of alkyl halides is 8. The van der Waals surface area contributed by atoms with Gasteiger partial charge in [0, 0.05) is 9.99 Å². The van der Waals surface area contributed by atoms with Crippen molar-refractivity contribution in [3.63, 3.8) is 0 Å². The van der Waals surface area contributed by atoms with Crippen molar-refractivity contribution in [1.82, 2.24) is 0 Å². The second-order valence-electron chi connectivity index (χ2n) is 5.75. The molecule has 0 N–H and O–H groups in total. The lowest BCUT2D eigenvalue weighted by Crippen LogP contribution is -2.56. The molecule has 13 heteroatoms. The van der Waals surface area contributed by atoms with Crippen molar-refractivity contribution >= 4 is 64.3 Å². The number of rotatable bonds is 4. The molecule has 1 unspecified atom stereocenters. The summed E-state index contributed by atoms with van der Waals surface area (Å²) in [5, 5.41) is -6.41. The zero-order valence-electron chi connectivity index (χ0n) is 13.2. The van der Waals surface area contributed by atoms with Crippen LogP contribution in [0.1, 0.15) is 12.0 Å². The van der Waals surface area contributed by atoms with E-state index in [0.717, 1.165) is 0 Å². The third kappa shape index (κ3) is 3.92. The molecule has 28 heavy (non-hydrogen) atoms. The van der Waals surface area contributed by atoms with E-state index in [9.17, 15) is 39.2 Å². The van der Waals surface area contributed by atoms with E-state index in [1.807, 2.05) is 22.6 Å². The van der Waals surface area contributed by atoms with E-state index in [1.165, 1.54) is 6.07 Å². The van der Waals surface area contributed by atoms with Crippen LogP contribution >= 0.6 is 54.5 Å². The molecule has 0 saturated heterocycles. The molecule has 1 aromatic carbocycles. The van der Waals surface area contributed by atoms with Crippen molar-refractivity contribution in [3.05, 3.63) is 54.9 Å². The lowest BCUT2D eigenvalue weighted by molar-refractivity contribution is -0.331. The molecule has 0 bridgehead atoms. The van der Waals surface area contributed by atoms with E-state index in [0.29, 0.717) is 21.3 Å². The Labute approximate surface area is 185 Å². The van der Waals surface area contributed by atoms with Crippen LogP contribution in [0.4, 0.5) is 30.7 Å². The highest BCUT2D eigenvalue weighted by molar-refractivity contribution is 14.1. The monoisotopic (exact) mass is 670 g/mol. The highest BCUT2D eigenvalue weighted by Crippen LogP contribution is 2.53. The second kappa shape index (κ2) is 7.52. The maximum Gasteiger partial charge on any atom is 0.461 e. The van der Waals surface area contributed by atoms with Crippen LogP contribution in [0.3, 0.4) is 0 Å². The Hall–Kier alpha value is -0.150. The molecule has 0 amide bonds. The summed E-state index contributed by atoms with van der Waals surface area (Å²) >= 11 is 8.04. The van der Waals surface area contributed by atoms with E-state index in [-0.39, 0.29) is 10.9 Å². The summed E-state index contributed by atoms with van der Waals surface area (Å²) in [4.78, 5) is -1.36. The van der Waals surface area contributed by atoms with E-state index in [2.05, 4.69) is 31.9 Å². The average molecular weight is 672 g/mol. The van der Waals surface area contributed by atoms with Crippen LogP contribution in [-0.2, 0) is 14.2 Å². The standard InChI is InChI=1S/C15H8Br2F7IO2S/c16-8-5-9(7-12(17,6-8)10-3-1-2-4-11(10)25)28(26,27)15(23,24)13(18,19)14(20,21)22/h1-5,7H,6H2. The number of halogens is 10. The van der Waals surface area contributed by atoms with E-state index < -0.39 is 36.4 Å². The van der Waals surface area contributed by atoms with Crippen molar-refractivity contribution < 1.29 is 39.2 Å². The van der Waals surface area contributed by atoms with Gasteiger partial charge < -0.3 is 0 Å². The molecule has 1 atom stereocenters. The van der Waals surface area contributed by atoms with Crippen molar-refractivity contribution in [2.45, 2.75) is 28.1 Å². The number of hydrogen-bond acceptors (Lipinski definition) is 2. The van der Waals surface area contributed by atoms with Crippen molar-refractivity contribution in [3.8, 4) is 0 Å². The highest BCUT2D eigenvalue weighted by Gasteiger charge is 2.79. The molecule has 1 aliphatic rings. The second-order valence-corrected chi connectivity index (χ2v) is 11.3. The SMILES string of the molecule is O=S(=O)(C1=CC(Br)(c2ccccc2I)CC(Br)=C1)C(F)(F)C(F)(F)C(F)(F)F. The fourth-order valence-electron chi connectivity index (χ4n) is 2.38. The first-order chi connectivity index (χ1) is 12.5. The van der Waals surface area contributed by atoms with Gasteiger partial charge in [-0.25, -0.2) is 8.42 Å². The van der Waals surface area contributed by atoms with E-state index >= 15 is 0 Å². The lowest BCUT2D eigenvalue weighted by Gasteiger charge is -2.32. The summed E-state index contributed by atoms with van der Waals surface area (Å²) in [5.74, 6) is -6.78. The van der Waals surface area contributed by atoms with Crippen LogP contribution < -0.4 is 0 Å². The molecule has 1 aliphatic carbocycles. The molecule has 0 saturated carbocycles. The van der Waals surface area contributed by atoms with Gasteiger partial charge >= 0.3 is 17.4 Å². The predicted molar refractivity (Wildman–Crippen MR) is 104 cm³/mol. The Morgan fingerprint density at radius 3 is 2.07 bits per heavy atom. The Morgan fingerprint density at radius 2 is 1.57 bits per heavy atom. The molecule has 0 aromatic heterocycles. The third-order valence-electron chi connectivity index (χ3n) is 3.79. The van der Waals surface area contributed by atoms with Crippen LogP contribution in [0, 0.1) is 3.57 Å². The minimum absolute atomic E-state index is 0.00721. The number of sulfone groups is 1. The fourth-order valence-corrected chi connectivity index (χ4v) is 7.28. The van der Waals surface area contributed by atoms with Gasteiger partial charge in [0.25, 0.3) is 0 Å². The minimum atomic E-state index is -6.78. The largest absolute Gasteiger partial charge is 0.461 e. The normalized spacial score (nSPS) is 21.9. The van der Waals surface area contributed by atoms with Crippen molar-refractivity contribution in [2.75, 3.05) is 0 Å². The smallest absolute Gasteiger partial charge is 0.217 e. The highest BCUT2D eigenvalue weighted by atomic mass is 127. The van der Waals surface area contributed by atoms with Crippen LogP contribution in [0.15, 0.2) is 45.8 Å². The van der Waals surface area contributed by atoms with E-state index in [1.54, 1.807) is 18.2 Å². The van der Waals surface area contributed by atoms with Gasteiger partial charge in [0.15, 0.2) is 0 Å². The predicted octanol–water partition coefficient (Wildman–Crippen LogP) is 6.65. The van der Waals surface area contributed by atoms with Gasteiger partial charge in [0.2, 0.25) is 9.84 Å². The van der Waals surface area contributed by atoms with E-state index in [4.69, 9.17) is 0 Å². The molecule has 0 fully saturated rings. The van der Waals surface area contributed by atoms with Gasteiger partial charge in [-0.15, -0.1) is 0 Å². The summed E-state index contributed by atoms with van der Waals surface area (Å²) in [6, 6.07) is 6.38. The topological polar surface area (TPSA) is 34.1 Å². The van der Waals surface area contributed by atoms with Gasteiger partial charge in [-0.3, -0.25) is 0 Å². The molecule has 0 radical (unpaired) electrons. The fraction of sp³-hybridized carbons (Fsp3) is 0.333. The van der Waals surface area contributed by atoms with Gasteiger partial charge in [0.05, 0.1) is 9.23 Å². The van der Waals surface area contributed by atoms with Crippen LogP contribution in [0.25, 0.3) is 0 Å². The number of allylic oxidation sites excluding steroid dienone is 3. The molecule has 0 aliphatic heterocycles. The van der Waals surface area contributed by atoms with Crippen LogP contribution in [-0.4, -0.2) is 25.8 Å². The van der Waals surface area contributed by atoms with Gasteiger partial charge in [-0.1, -0.05) is 50.1 Å². The summed E-state index contributed by atoms with van der Waals surface area (Å²) in [7, 11) is -6.41. The van der Waals surface area contributed by atoms with Crippen molar-refractivity contribution in [2.24, 2.45) is 0 Å².